The summed E-state index contributed by atoms with van der Waals surface area (Å²) in [7, 11) is 1.96. The fraction of sp³-hybridized carbons (Fsp3) is 1.00. The van der Waals surface area contributed by atoms with Crippen LogP contribution in [0.2, 0.25) is 0 Å². The van der Waals surface area contributed by atoms with Crippen LogP contribution in [0.1, 0.15) is 13.3 Å². The minimum absolute atomic E-state index is 0.272. The van der Waals surface area contributed by atoms with Gasteiger partial charge in [0.25, 0.3) is 0 Å². The molecule has 0 unspecified atom stereocenters. The second-order valence-corrected chi connectivity index (χ2v) is 3.92. The molecule has 1 fully saturated rings. The maximum atomic E-state index is 5.63. The predicted octanol–water partition coefficient (Wildman–Crippen LogP) is 0.333. The first-order valence-corrected chi connectivity index (χ1v) is 5.93. The Morgan fingerprint density at radius 2 is 2.40 bits per heavy atom. The molecule has 0 saturated carbocycles. The topological polar surface area (TPSA) is 33.7 Å². The SMILES string of the molecule is CCN1CCO[C@H](COCCCNC)C1. The Bertz CT molecular complexity index is 156. The van der Waals surface area contributed by atoms with Gasteiger partial charge < -0.3 is 14.8 Å². The molecule has 0 aromatic heterocycles. The largest absolute Gasteiger partial charge is 0.379 e. The van der Waals surface area contributed by atoms with Crippen LogP contribution in [0.3, 0.4) is 0 Å². The number of nitrogens with one attached hydrogen (secondary N) is 1. The third kappa shape index (κ3) is 5.47. The fourth-order valence-electron chi connectivity index (χ4n) is 1.73. The Balaban J connectivity index is 2.00. The molecule has 0 bridgehead atoms. The summed E-state index contributed by atoms with van der Waals surface area (Å²) in [4.78, 5) is 2.41. The highest BCUT2D eigenvalue weighted by Crippen LogP contribution is 2.05. The van der Waals surface area contributed by atoms with Crippen molar-refractivity contribution >= 4 is 0 Å². The van der Waals surface area contributed by atoms with Crippen LogP contribution in [-0.4, -0.2) is 64.1 Å². The van der Waals surface area contributed by atoms with E-state index in [4.69, 9.17) is 9.47 Å². The molecule has 90 valence electrons. The van der Waals surface area contributed by atoms with Gasteiger partial charge in [-0.05, 0) is 26.6 Å². The molecule has 1 heterocycles. The van der Waals surface area contributed by atoms with E-state index in [0.717, 1.165) is 52.4 Å². The molecule has 15 heavy (non-hydrogen) atoms. The lowest BCUT2D eigenvalue weighted by molar-refractivity contribution is -0.0679. The summed E-state index contributed by atoms with van der Waals surface area (Å²) in [5.41, 5.74) is 0. The molecule has 4 nitrogen and oxygen atoms in total. The third-order valence-corrected chi connectivity index (χ3v) is 2.69. The summed E-state index contributed by atoms with van der Waals surface area (Å²) in [6.45, 7) is 8.81. The highest BCUT2D eigenvalue weighted by Gasteiger charge is 2.18. The lowest BCUT2D eigenvalue weighted by atomic mass is 10.3. The van der Waals surface area contributed by atoms with E-state index in [9.17, 15) is 0 Å². The van der Waals surface area contributed by atoms with Gasteiger partial charge in [0, 0.05) is 19.7 Å². The molecule has 0 radical (unpaired) electrons. The Morgan fingerprint density at radius 1 is 1.53 bits per heavy atom. The lowest BCUT2D eigenvalue weighted by Gasteiger charge is -2.31. The first-order valence-electron chi connectivity index (χ1n) is 5.93. The van der Waals surface area contributed by atoms with Gasteiger partial charge in [-0.2, -0.15) is 0 Å². The monoisotopic (exact) mass is 216 g/mol. The average molecular weight is 216 g/mol. The van der Waals surface area contributed by atoms with Gasteiger partial charge in [0.15, 0.2) is 0 Å². The van der Waals surface area contributed by atoms with E-state index in [1.807, 2.05) is 7.05 Å². The van der Waals surface area contributed by atoms with Crippen molar-refractivity contribution in [2.24, 2.45) is 0 Å². The maximum absolute atomic E-state index is 5.63. The lowest BCUT2D eigenvalue weighted by Crippen LogP contribution is -2.44. The number of hydrogen-bond acceptors (Lipinski definition) is 4. The molecule has 0 aromatic carbocycles. The molecule has 0 amide bonds. The number of rotatable bonds is 7. The smallest absolute Gasteiger partial charge is 0.0935 e. The molecule has 0 spiro atoms. The van der Waals surface area contributed by atoms with Gasteiger partial charge in [0.1, 0.15) is 0 Å². The number of morpholine rings is 1. The van der Waals surface area contributed by atoms with Gasteiger partial charge in [-0.15, -0.1) is 0 Å². The standard InChI is InChI=1S/C11H24N2O2/c1-3-13-6-8-15-11(9-13)10-14-7-4-5-12-2/h11-12H,3-10H2,1-2H3/t11-/m0/s1. The van der Waals surface area contributed by atoms with Crippen LogP contribution in [-0.2, 0) is 9.47 Å². The summed E-state index contributed by atoms with van der Waals surface area (Å²) < 4.78 is 11.2. The molecule has 0 aromatic rings. The van der Waals surface area contributed by atoms with E-state index >= 15 is 0 Å². The zero-order chi connectivity index (χ0) is 10.9. The molecule has 4 heteroatoms. The summed E-state index contributed by atoms with van der Waals surface area (Å²) in [6, 6.07) is 0. The molecule has 1 atom stereocenters. The van der Waals surface area contributed by atoms with Gasteiger partial charge in [0.05, 0.1) is 19.3 Å². The Kier molecular flexibility index (Phi) is 6.92. The number of nitrogens with zero attached hydrogens (tertiary/aromatic N) is 1. The Morgan fingerprint density at radius 3 is 3.13 bits per heavy atom. The molecule has 1 aliphatic heterocycles. The van der Waals surface area contributed by atoms with Crippen LogP contribution in [0, 0.1) is 0 Å². The average Bonchev–Trinajstić information content (AvgIpc) is 2.29. The molecule has 1 saturated heterocycles. The first-order chi connectivity index (χ1) is 7.36. The van der Waals surface area contributed by atoms with Crippen molar-refractivity contribution in [3.05, 3.63) is 0 Å². The van der Waals surface area contributed by atoms with Gasteiger partial charge >= 0.3 is 0 Å². The van der Waals surface area contributed by atoms with Crippen LogP contribution in [0.4, 0.5) is 0 Å². The van der Waals surface area contributed by atoms with Crippen molar-refractivity contribution in [1.29, 1.82) is 0 Å². The van der Waals surface area contributed by atoms with E-state index in [1.165, 1.54) is 0 Å². The molecular weight excluding hydrogens is 192 g/mol. The zero-order valence-corrected chi connectivity index (χ0v) is 10.00. The molecular formula is C11H24N2O2. The number of hydrogen-bond donors (Lipinski definition) is 1. The highest BCUT2D eigenvalue weighted by molar-refractivity contribution is 4.69. The van der Waals surface area contributed by atoms with Gasteiger partial charge in [-0.25, -0.2) is 0 Å². The van der Waals surface area contributed by atoms with Crippen LogP contribution < -0.4 is 5.32 Å². The summed E-state index contributed by atoms with van der Waals surface area (Å²) in [5, 5.41) is 3.10. The molecule has 0 aliphatic carbocycles. The predicted molar refractivity (Wildman–Crippen MR) is 61.2 cm³/mol. The minimum Gasteiger partial charge on any atom is -0.379 e. The first kappa shape index (κ1) is 12.9. The number of ether oxygens (including phenoxy) is 2. The zero-order valence-electron chi connectivity index (χ0n) is 10.00. The van der Waals surface area contributed by atoms with Crippen LogP contribution >= 0.6 is 0 Å². The van der Waals surface area contributed by atoms with Crippen LogP contribution in [0.25, 0.3) is 0 Å². The van der Waals surface area contributed by atoms with Crippen LogP contribution in [0.15, 0.2) is 0 Å². The normalized spacial score (nSPS) is 23.2. The molecule has 1 N–H and O–H groups in total. The molecule has 1 aliphatic rings. The van der Waals surface area contributed by atoms with Crippen molar-refractivity contribution in [3.63, 3.8) is 0 Å². The molecule has 1 rings (SSSR count). The third-order valence-electron chi connectivity index (χ3n) is 2.69. The fourth-order valence-corrected chi connectivity index (χ4v) is 1.73. The summed E-state index contributed by atoms with van der Waals surface area (Å²) >= 11 is 0. The van der Waals surface area contributed by atoms with Crippen molar-refractivity contribution in [2.75, 3.05) is 53.0 Å². The van der Waals surface area contributed by atoms with E-state index in [1.54, 1.807) is 0 Å². The van der Waals surface area contributed by atoms with Crippen LogP contribution in [0.5, 0.6) is 0 Å². The van der Waals surface area contributed by atoms with E-state index in [0.29, 0.717) is 0 Å². The van der Waals surface area contributed by atoms with Crippen molar-refractivity contribution in [1.82, 2.24) is 10.2 Å². The number of likely N-dealkylation sites (N-methyl/N-ethyl adjacent to an activating group) is 1. The minimum atomic E-state index is 0.272. The van der Waals surface area contributed by atoms with Crippen molar-refractivity contribution in [3.8, 4) is 0 Å². The summed E-state index contributed by atoms with van der Waals surface area (Å²) in [5.74, 6) is 0. The van der Waals surface area contributed by atoms with Gasteiger partial charge in [0.2, 0.25) is 0 Å². The maximum Gasteiger partial charge on any atom is 0.0935 e. The Labute approximate surface area is 92.9 Å². The van der Waals surface area contributed by atoms with E-state index < -0.39 is 0 Å². The van der Waals surface area contributed by atoms with Crippen molar-refractivity contribution < 1.29 is 9.47 Å². The highest BCUT2D eigenvalue weighted by atomic mass is 16.5. The quantitative estimate of drug-likeness (QED) is 0.622. The van der Waals surface area contributed by atoms with Crippen molar-refractivity contribution in [2.45, 2.75) is 19.4 Å². The van der Waals surface area contributed by atoms with E-state index in [-0.39, 0.29) is 6.10 Å². The summed E-state index contributed by atoms with van der Waals surface area (Å²) in [6.07, 6.45) is 1.34. The second kappa shape index (κ2) is 8.05. The van der Waals surface area contributed by atoms with Gasteiger partial charge in [-0.3, -0.25) is 4.90 Å². The second-order valence-electron chi connectivity index (χ2n) is 3.92. The van der Waals surface area contributed by atoms with E-state index in [2.05, 4.69) is 17.1 Å². The van der Waals surface area contributed by atoms with Gasteiger partial charge in [-0.1, -0.05) is 6.92 Å². The Hall–Kier alpha value is -0.160.